The van der Waals surface area contributed by atoms with Crippen LogP contribution in [0.2, 0.25) is 0 Å². The first-order valence-corrected chi connectivity index (χ1v) is 7.69. The topological polar surface area (TPSA) is 55.1 Å². The second-order valence-electron chi connectivity index (χ2n) is 4.24. The lowest BCUT2D eigenvalue weighted by atomic mass is 10.1. The maximum atomic E-state index is 13.5. The van der Waals surface area contributed by atoms with Crippen molar-refractivity contribution in [2.45, 2.75) is 4.90 Å². The molecule has 0 heterocycles. The van der Waals surface area contributed by atoms with E-state index in [2.05, 4.69) is 5.32 Å². The number of carbonyl (C=O) groups excluding carboxylic acids is 1. The fourth-order valence-corrected chi connectivity index (χ4v) is 2.30. The lowest BCUT2D eigenvalue weighted by Gasteiger charge is -2.08. The zero-order valence-electron chi connectivity index (χ0n) is 11.2. The molecule has 0 aliphatic rings. The number of carbonyl (C=O) groups is 1. The van der Waals surface area contributed by atoms with Crippen molar-refractivity contribution in [3.8, 4) is 0 Å². The van der Waals surface area contributed by atoms with Crippen molar-refractivity contribution in [2.75, 3.05) is 11.6 Å². The number of rotatable bonds is 4. The molecule has 0 aliphatic heterocycles. The Balaban J connectivity index is 2.19. The Morgan fingerprint density at radius 3 is 2.48 bits per heavy atom. The second-order valence-corrected chi connectivity index (χ2v) is 5.56. The normalized spacial score (nSPS) is 10.2. The van der Waals surface area contributed by atoms with E-state index in [1.807, 2.05) is 18.4 Å². The van der Waals surface area contributed by atoms with E-state index in [4.69, 9.17) is 18.0 Å². The summed E-state index contributed by atoms with van der Waals surface area (Å²) in [5.74, 6) is -0.784. The molecule has 0 spiro atoms. The molecule has 0 aromatic heterocycles. The predicted molar refractivity (Wildman–Crippen MR) is 88.5 cm³/mol. The highest BCUT2D eigenvalue weighted by Gasteiger charge is 2.10. The quantitative estimate of drug-likeness (QED) is 0.669. The lowest BCUT2D eigenvalue weighted by molar-refractivity contribution is 0.102. The number of nitrogens with two attached hydrogens (primary N) is 1. The predicted octanol–water partition coefficient (Wildman–Crippen LogP) is 3.43. The van der Waals surface area contributed by atoms with Crippen molar-refractivity contribution >= 4 is 40.6 Å². The number of anilines is 1. The van der Waals surface area contributed by atoms with Crippen molar-refractivity contribution in [3.63, 3.8) is 0 Å². The van der Waals surface area contributed by atoms with E-state index < -0.39 is 5.82 Å². The van der Waals surface area contributed by atoms with Crippen LogP contribution in [0.1, 0.15) is 15.9 Å². The van der Waals surface area contributed by atoms with Crippen molar-refractivity contribution in [2.24, 2.45) is 5.73 Å². The van der Waals surface area contributed by atoms with E-state index in [1.54, 1.807) is 23.9 Å². The van der Waals surface area contributed by atoms with Crippen molar-refractivity contribution < 1.29 is 9.18 Å². The maximum Gasteiger partial charge on any atom is 0.255 e. The Morgan fingerprint density at radius 2 is 1.90 bits per heavy atom. The van der Waals surface area contributed by atoms with Gasteiger partial charge in [-0.2, -0.15) is 0 Å². The minimum atomic E-state index is -0.509. The summed E-state index contributed by atoms with van der Waals surface area (Å²) >= 11 is 6.37. The van der Waals surface area contributed by atoms with E-state index in [0.717, 1.165) is 4.90 Å². The lowest BCUT2D eigenvalue weighted by Crippen LogP contribution is -2.15. The summed E-state index contributed by atoms with van der Waals surface area (Å²) in [7, 11) is 0. The number of thiocarbonyl (C=S) groups is 1. The van der Waals surface area contributed by atoms with Gasteiger partial charge in [-0.15, -0.1) is 11.8 Å². The number of benzene rings is 2. The summed E-state index contributed by atoms with van der Waals surface area (Å²) in [5.41, 5.74) is 6.51. The molecule has 21 heavy (non-hydrogen) atoms. The Hall–Kier alpha value is -1.92. The summed E-state index contributed by atoms with van der Waals surface area (Å²) in [6.07, 6.45) is 1.96. The molecule has 0 radical (unpaired) electrons. The summed E-state index contributed by atoms with van der Waals surface area (Å²) in [5, 5.41) is 2.69. The molecule has 2 rings (SSSR count). The van der Waals surface area contributed by atoms with Gasteiger partial charge in [-0.25, -0.2) is 4.39 Å². The van der Waals surface area contributed by atoms with Crippen LogP contribution in [0.15, 0.2) is 47.4 Å². The van der Waals surface area contributed by atoms with E-state index in [0.29, 0.717) is 11.3 Å². The van der Waals surface area contributed by atoms with Gasteiger partial charge in [0.1, 0.15) is 10.8 Å². The number of amides is 1. The molecule has 2 aromatic carbocycles. The number of hydrogen-bond acceptors (Lipinski definition) is 3. The van der Waals surface area contributed by atoms with Gasteiger partial charge in [0.15, 0.2) is 0 Å². The molecule has 108 valence electrons. The molecule has 3 N–H and O–H groups in total. The van der Waals surface area contributed by atoms with E-state index in [1.165, 1.54) is 18.2 Å². The summed E-state index contributed by atoms with van der Waals surface area (Å²) in [4.78, 5) is 13.1. The third-order valence-electron chi connectivity index (χ3n) is 2.84. The first-order chi connectivity index (χ1) is 10.0. The van der Waals surface area contributed by atoms with Gasteiger partial charge < -0.3 is 11.1 Å². The average Bonchev–Trinajstić information content (AvgIpc) is 2.49. The van der Waals surface area contributed by atoms with Crippen LogP contribution < -0.4 is 11.1 Å². The standard InChI is InChI=1S/C15H13FN2OS2/c1-21-11-5-2-9(3-6-11)15(19)18-10-4-7-13(16)12(8-10)14(17)20/h2-8H,1H3,(H2,17,20)(H,18,19). The largest absolute Gasteiger partial charge is 0.389 e. The van der Waals surface area contributed by atoms with Crippen LogP contribution in [0.4, 0.5) is 10.1 Å². The summed E-state index contributed by atoms with van der Waals surface area (Å²) < 4.78 is 13.5. The molecule has 0 atom stereocenters. The molecule has 6 heteroatoms. The van der Waals surface area contributed by atoms with Gasteiger partial charge in [0, 0.05) is 21.7 Å². The molecule has 0 saturated carbocycles. The van der Waals surface area contributed by atoms with Gasteiger partial charge in [0.2, 0.25) is 0 Å². The summed E-state index contributed by atoms with van der Waals surface area (Å²) in [6, 6.07) is 11.3. The first kappa shape index (κ1) is 15.5. The van der Waals surface area contributed by atoms with Gasteiger partial charge in [0.25, 0.3) is 5.91 Å². The fourth-order valence-electron chi connectivity index (χ4n) is 1.74. The van der Waals surface area contributed by atoms with Crippen molar-refractivity contribution in [1.82, 2.24) is 0 Å². The van der Waals surface area contributed by atoms with E-state index >= 15 is 0 Å². The van der Waals surface area contributed by atoms with Gasteiger partial charge in [-0.1, -0.05) is 12.2 Å². The summed E-state index contributed by atoms with van der Waals surface area (Å²) in [6.45, 7) is 0. The van der Waals surface area contributed by atoms with Gasteiger partial charge >= 0.3 is 0 Å². The van der Waals surface area contributed by atoms with Crippen LogP contribution >= 0.6 is 24.0 Å². The SMILES string of the molecule is CSc1ccc(C(=O)Nc2ccc(F)c(C(N)=S)c2)cc1. The number of hydrogen-bond donors (Lipinski definition) is 2. The number of thioether (sulfide) groups is 1. The van der Waals surface area contributed by atoms with Crippen molar-refractivity contribution in [1.29, 1.82) is 0 Å². The Morgan fingerprint density at radius 1 is 1.24 bits per heavy atom. The van der Waals surface area contributed by atoms with Crippen LogP contribution in [0.25, 0.3) is 0 Å². The third-order valence-corrected chi connectivity index (χ3v) is 3.81. The van der Waals surface area contributed by atoms with Crippen LogP contribution in [0.5, 0.6) is 0 Å². The molecule has 0 bridgehead atoms. The molecule has 1 amide bonds. The Bertz CT molecular complexity index is 687. The molecule has 0 unspecified atom stereocenters. The van der Waals surface area contributed by atoms with Gasteiger partial charge in [-0.3, -0.25) is 4.79 Å². The van der Waals surface area contributed by atoms with Crippen LogP contribution in [0.3, 0.4) is 0 Å². The van der Waals surface area contributed by atoms with Crippen LogP contribution in [-0.4, -0.2) is 17.2 Å². The highest BCUT2D eigenvalue weighted by atomic mass is 32.2. The highest BCUT2D eigenvalue weighted by Crippen LogP contribution is 2.18. The zero-order valence-corrected chi connectivity index (χ0v) is 12.9. The molecular formula is C15H13FN2OS2. The first-order valence-electron chi connectivity index (χ1n) is 6.06. The second kappa shape index (κ2) is 6.69. The fraction of sp³-hybridized carbons (Fsp3) is 0.0667. The molecular weight excluding hydrogens is 307 g/mol. The molecule has 3 nitrogen and oxygen atoms in total. The zero-order chi connectivity index (χ0) is 15.4. The minimum absolute atomic E-state index is 0.0482. The molecule has 0 saturated heterocycles. The number of halogens is 1. The average molecular weight is 320 g/mol. The Labute approximate surface area is 131 Å². The van der Waals surface area contributed by atoms with Crippen LogP contribution in [0, 0.1) is 5.82 Å². The monoisotopic (exact) mass is 320 g/mol. The molecule has 0 aliphatic carbocycles. The van der Waals surface area contributed by atoms with Gasteiger partial charge in [-0.05, 0) is 48.7 Å². The molecule has 2 aromatic rings. The van der Waals surface area contributed by atoms with Gasteiger partial charge in [0.05, 0.1) is 0 Å². The minimum Gasteiger partial charge on any atom is -0.389 e. The smallest absolute Gasteiger partial charge is 0.255 e. The third kappa shape index (κ3) is 3.80. The number of nitrogens with one attached hydrogen (secondary N) is 1. The van der Waals surface area contributed by atoms with Crippen molar-refractivity contribution in [3.05, 3.63) is 59.4 Å². The van der Waals surface area contributed by atoms with E-state index in [9.17, 15) is 9.18 Å². The molecule has 0 fully saturated rings. The van der Waals surface area contributed by atoms with Crippen LogP contribution in [-0.2, 0) is 0 Å². The Kier molecular flexibility index (Phi) is 4.93. The highest BCUT2D eigenvalue weighted by molar-refractivity contribution is 7.98. The van der Waals surface area contributed by atoms with E-state index in [-0.39, 0.29) is 16.5 Å². The maximum absolute atomic E-state index is 13.5.